The van der Waals surface area contributed by atoms with Crippen molar-refractivity contribution in [2.75, 3.05) is 13.1 Å². The molecule has 17 heavy (non-hydrogen) atoms. The van der Waals surface area contributed by atoms with Crippen LogP contribution in [0.4, 0.5) is 0 Å². The van der Waals surface area contributed by atoms with Gasteiger partial charge in [0.05, 0.1) is 0 Å². The van der Waals surface area contributed by atoms with E-state index in [2.05, 4.69) is 10.6 Å². The fourth-order valence-electron chi connectivity index (χ4n) is 5.47. The highest BCUT2D eigenvalue weighted by Gasteiger charge is 2.47. The van der Waals surface area contributed by atoms with E-state index in [9.17, 15) is 0 Å². The van der Waals surface area contributed by atoms with Crippen LogP contribution in [0.2, 0.25) is 0 Å². The van der Waals surface area contributed by atoms with Crippen LogP contribution >= 0.6 is 0 Å². The van der Waals surface area contributed by atoms with Gasteiger partial charge in [0.25, 0.3) is 0 Å². The van der Waals surface area contributed by atoms with E-state index in [1.165, 1.54) is 25.9 Å². The van der Waals surface area contributed by atoms with Gasteiger partial charge in [-0.25, -0.2) is 0 Å². The molecule has 2 heteroatoms. The smallest absolute Gasteiger partial charge is 0.0193 e. The Balaban J connectivity index is 1.37. The van der Waals surface area contributed by atoms with Gasteiger partial charge in [0.1, 0.15) is 0 Å². The second-order valence-corrected chi connectivity index (χ2v) is 7.16. The molecule has 96 valence electrons. The highest BCUT2D eigenvalue weighted by Crippen LogP contribution is 2.53. The third-order valence-electron chi connectivity index (χ3n) is 5.99. The number of hydrogen-bond acceptors (Lipinski definition) is 2. The summed E-state index contributed by atoms with van der Waals surface area (Å²) in [5, 5.41) is 7.56. The maximum atomic E-state index is 3.94. The first-order chi connectivity index (χ1) is 8.38. The lowest BCUT2D eigenvalue weighted by atomic mass is 9.54. The molecule has 0 radical (unpaired) electrons. The standard InChI is InChI=1S/C15H26N2/c1-2-14(16-3-1)9-17-15-12-5-10-4-11(7-12)8-13(15)6-10/h10-17H,1-9H2. The summed E-state index contributed by atoms with van der Waals surface area (Å²) in [6.45, 7) is 2.47. The summed E-state index contributed by atoms with van der Waals surface area (Å²) in [7, 11) is 0. The molecule has 4 saturated carbocycles. The van der Waals surface area contributed by atoms with Gasteiger partial charge in [-0.3, -0.25) is 0 Å². The van der Waals surface area contributed by atoms with Gasteiger partial charge in [-0.15, -0.1) is 0 Å². The van der Waals surface area contributed by atoms with Crippen LogP contribution in [0.5, 0.6) is 0 Å². The molecule has 1 saturated heterocycles. The first kappa shape index (κ1) is 10.8. The average Bonchev–Trinajstić information content (AvgIpc) is 2.80. The number of hydrogen-bond donors (Lipinski definition) is 2. The summed E-state index contributed by atoms with van der Waals surface area (Å²) < 4.78 is 0. The van der Waals surface area contributed by atoms with Gasteiger partial charge < -0.3 is 10.6 Å². The second-order valence-electron chi connectivity index (χ2n) is 7.16. The van der Waals surface area contributed by atoms with Gasteiger partial charge in [0.2, 0.25) is 0 Å². The van der Waals surface area contributed by atoms with Crippen LogP contribution in [0, 0.1) is 23.7 Å². The monoisotopic (exact) mass is 234 g/mol. The first-order valence-corrected chi connectivity index (χ1v) is 7.85. The Kier molecular flexibility index (Phi) is 2.69. The topological polar surface area (TPSA) is 24.1 Å². The molecule has 0 aromatic carbocycles. The summed E-state index contributed by atoms with van der Waals surface area (Å²) in [6.07, 6.45) is 10.5. The van der Waals surface area contributed by atoms with Crippen LogP contribution in [-0.4, -0.2) is 25.2 Å². The highest BCUT2D eigenvalue weighted by atomic mass is 15.0. The molecule has 0 aromatic heterocycles. The molecule has 4 bridgehead atoms. The molecule has 1 atom stereocenters. The number of nitrogens with one attached hydrogen (secondary N) is 2. The molecule has 1 unspecified atom stereocenters. The molecule has 0 amide bonds. The maximum Gasteiger partial charge on any atom is 0.0193 e. The van der Waals surface area contributed by atoms with Gasteiger partial charge in [0, 0.05) is 18.6 Å². The van der Waals surface area contributed by atoms with Crippen LogP contribution in [0.15, 0.2) is 0 Å². The lowest BCUT2D eigenvalue weighted by Crippen LogP contribution is -2.56. The van der Waals surface area contributed by atoms with Gasteiger partial charge in [-0.2, -0.15) is 0 Å². The van der Waals surface area contributed by atoms with Crippen molar-refractivity contribution in [2.45, 2.75) is 57.0 Å². The van der Waals surface area contributed by atoms with Crippen molar-refractivity contribution in [1.82, 2.24) is 10.6 Å². The Morgan fingerprint density at radius 3 is 2.24 bits per heavy atom. The van der Waals surface area contributed by atoms with Crippen LogP contribution in [0.25, 0.3) is 0 Å². The Bertz CT molecular complexity index is 255. The maximum absolute atomic E-state index is 3.94. The Hall–Kier alpha value is -0.0800. The van der Waals surface area contributed by atoms with E-state index < -0.39 is 0 Å². The summed E-state index contributed by atoms with van der Waals surface area (Å²) in [4.78, 5) is 0. The zero-order valence-corrected chi connectivity index (χ0v) is 10.8. The van der Waals surface area contributed by atoms with Crippen LogP contribution in [-0.2, 0) is 0 Å². The average molecular weight is 234 g/mol. The lowest BCUT2D eigenvalue weighted by Gasteiger charge is -2.54. The molecule has 5 aliphatic rings. The molecule has 5 rings (SSSR count). The van der Waals surface area contributed by atoms with E-state index in [4.69, 9.17) is 0 Å². The minimum Gasteiger partial charge on any atom is -0.313 e. The van der Waals surface area contributed by atoms with Crippen molar-refractivity contribution in [3.63, 3.8) is 0 Å². The second kappa shape index (κ2) is 4.24. The third-order valence-corrected chi connectivity index (χ3v) is 5.99. The normalized spacial score (nSPS) is 52.2. The van der Waals surface area contributed by atoms with Gasteiger partial charge in [-0.05, 0) is 75.2 Å². The predicted octanol–water partition coefficient (Wildman–Crippen LogP) is 2.15. The molecule has 1 aliphatic heterocycles. The van der Waals surface area contributed by atoms with E-state index in [0.717, 1.165) is 35.8 Å². The fourth-order valence-corrected chi connectivity index (χ4v) is 5.47. The largest absolute Gasteiger partial charge is 0.313 e. The van der Waals surface area contributed by atoms with Crippen molar-refractivity contribution in [3.8, 4) is 0 Å². The third kappa shape index (κ3) is 1.94. The van der Waals surface area contributed by atoms with Gasteiger partial charge in [0.15, 0.2) is 0 Å². The van der Waals surface area contributed by atoms with Crippen molar-refractivity contribution in [1.29, 1.82) is 0 Å². The molecule has 2 N–H and O–H groups in total. The van der Waals surface area contributed by atoms with E-state index in [1.807, 2.05) is 0 Å². The molecular formula is C15H26N2. The quantitative estimate of drug-likeness (QED) is 0.782. The van der Waals surface area contributed by atoms with Crippen LogP contribution < -0.4 is 10.6 Å². The van der Waals surface area contributed by atoms with Crippen molar-refractivity contribution >= 4 is 0 Å². The van der Waals surface area contributed by atoms with Crippen LogP contribution in [0.1, 0.15) is 44.9 Å². The molecule has 0 spiro atoms. The van der Waals surface area contributed by atoms with Gasteiger partial charge in [-0.1, -0.05) is 0 Å². The first-order valence-electron chi connectivity index (χ1n) is 7.85. The van der Waals surface area contributed by atoms with Crippen molar-refractivity contribution in [2.24, 2.45) is 23.7 Å². The summed E-state index contributed by atoms with van der Waals surface area (Å²) in [6, 6.07) is 1.65. The summed E-state index contributed by atoms with van der Waals surface area (Å²) in [5.41, 5.74) is 0. The van der Waals surface area contributed by atoms with Crippen LogP contribution in [0.3, 0.4) is 0 Å². The molecule has 4 aliphatic carbocycles. The summed E-state index contributed by atoms with van der Waals surface area (Å²) in [5.74, 6) is 4.29. The van der Waals surface area contributed by atoms with Gasteiger partial charge >= 0.3 is 0 Å². The molecule has 5 fully saturated rings. The predicted molar refractivity (Wildman–Crippen MR) is 69.9 cm³/mol. The zero-order valence-electron chi connectivity index (χ0n) is 10.8. The number of rotatable bonds is 3. The molecule has 1 heterocycles. The SMILES string of the molecule is C1CNC(CNC2C3CC4CC(C3)CC2C4)C1. The zero-order chi connectivity index (χ0) is 11.2. The molecule has 0 aromatic rings. The Morgan fingerprint density at radius 2 is 1.65 bits per heavy atom. The summed E-state index contributed by atoms with van der Waals surface area (Å²) >= 11 is 0. The minimum atomic E-state index is 0.771. The van der Waals surface area contributed by atoms with Crippen molar-refractivity contribution in [3.05, 3.63) is 0 Å². The molecule has 2 nitrogen and oxygen atoms in total. The van der Waals surface area contributed by atoms with E-state index in [1.54, 1.807) is 32.1 Å². The Labute approximate surface area is 105 Å². The van der Waals surface area contributed by atoms with E-state index >= 15 is 0 Å². The van der Waals surface area contributed by atoms with E-state index in [0.29, 0.717) is 0 Å². The fraction of sp³-hybridized carbons (Fsp3) is 1.00. The Morgan fingerprint density at radius 1 is 0.941 bits per heavy atom. The van der Waals surface area contributed by atoms with E-state index in [-0.39, 0.29) is 0 Å². The lowest BCUT2D eigenvalue weighted by molar-refractivity contribution is -0.0140. The minimum absolute atomic E-state index is 0.771. The van der Waals surface area contributed by atoms with Crippen molar-refractivity contribution < 1.29 is 0 Å². The molecular weight excluding hydrogens is 208 g/mol. The highest BCUT2D eigenvalue weighted by molar-refractivity contribution is 5.01.